The summed E-state index contributed by atoms with van der Waals surface area (Å²) < 4.78 is 6.08. The lowest BCUT2D eigenvalue weighted by Gasteiger charge is -2.20. The van der Waals surface area contributed by atoms with Gasteiger partial charge in [0.25, 0.3) is 0 Å². The fourth-order valence-corrected chi connectivity index (χ4v) is 1.88. The Bertz CT molecular complexity index is 359. The van der Waals surface area contributed by atoms with Crippen molar-refractivity contribution in [1.82, 2.24) is 10.4 Å². The van der Waals surface area contributed by atoms with Crippen LogP contribution in [-0.4, -0.2) is 32.3 Å². The van der Waals surface area contributed by atoms with Gasteiger partial charge < -0.3 is 10.2 Å². The molecule has 0 spiro atoms. The van der Waals surface area contributed by atoms with E-state index < -0.39 is 0 Å². The average molecular weight is 329 g/mol. The molecule has 3 nitrogen and oxygen atoms in total. The van der Waals surface area contributed by atoms with E-state index in [4.69, 9.17) is 4.74 Å². The molecular formula is C15H25BrN2O. The Morgan fingerprint density at radius 3 is 2.68 bits per heavy atom. The normalized spacial score (nSPS) is 13.9. The number of nitrogens with one attached hydrogen (secondary N) is 1. The molecule has 19 heavy (non-hydrogen) atoms. The van der Waals surface area contributed by atoms with Crippen molar-refractivity contribution in [2.45, 2.75) is 20.3 Å². The molecule has 0 rings (SSSR count). The molecule has 0 aromatic rings. The maximum atomic E-state index is 5.08. The summed E-state index contributed by atoms with van der Waals surface area (Å²) in [6.07, 6.45) is 8.77. The minimum absolute atomic E-state index is 0.720. The molecule has 0 aliphatic heterocycles. The van der Waals surface area contributed by atoms with Crippen molar-refractivity contribution in [2.75, 3.05) is 27.3 Å². The van der Waals surface area contributed by atoms with E-state index in [2.05, 4.69) is 53.9 Å². The van der Waals surface area contributed by atoms with Gasteiger partial charge in [-0.25, -0.2) is 5.01 Å². The van der Waals surface area contributed by atoms with E-state index in [1.807, 2.05) is 18.1 Å². The maximum absolute atomic E-state index is 5.08. The second-order valence-corrected chi connectivity index (χ2v) is 5.06. The monoisotopic (exact) mass is 328 g/mol. The van der Waals surface area contributed by atoms with E-state index in [0.29, 0.717) is 0 Å². The van der Waals surface area contributed by atoms with Crippen LogP contribution in [0.1, 0.15) is 20.3 Å². The summed E-state index contributed by atoms with van der Waals surface area (Å²) in [5.74, 6) is 0. The van der Waals surface area contributed by atoms with Crippen molar-refractivity contribution in [3.05, 3.63) is 46.6 Å². The Morgan fingerprint density at radius 1 is 1.47 bits per heavy atom. The molecule has 0 saturated heterocycles. The number of methoxy groups -OCH3 is 1. The average Bonchev–Trinajstić information content (AvgIpc) is 2.37. The summed E-state index contributed by atoms with van der Waals surface area (Å²) in [4.78, 5) is 0. The topological polar surface area (TPSA) is 24.5 Å². The minimum atomic E-state index is 0.720. The molecule has 0 saturated carbocycles. The molecule has 108 valence electrons. The smallest absolute Gasteiger partial charge is 0.0497 e. The third kappa shape index (κ3) is 8.81. The number of rotatable bonds is 9. The molecule has 1 N–H and O–H groups in total. The highest BCUT2D eigenvalue weighted by molar-refractivity contribution is 9.11. The SMILES string of the molecule is C=C\C=C(Br)/C=C(C)/C(=C/CCOC)NN(C)CC. The highest BCUT2D eigenvalue weighted by Crippen LogP contribution is 2.15. The van der Waals surface area contributed by atoms with Crippen molar-refractivity contribution in [2.24, 2.45) is 0 Å². The van der Waals surface area contributed by atoms with E-state index in [9.17, 15) is 0 Å². The molecule has 0 atom stereocenters. The zero-order valence-corrected chi connectivity index (χ0v) is 14.0. The van der Waals surface area contributed by atoms with Crippen LogP contribution < -0.4 is 5.43 Å². The van der Waals surface area contributed by atoms with Crippen LogP contribution in [-0.2, 0) is 4.74 Å². The second kappa shape index (κ2) is 11.0. The Morgan fingerprint density at radius 2 is 2.16 bits per heavy atom. The molecule has 0 heterocycles. The van der Waals surface area contributed by atoms with Gasteiger partial charge in [0.2, 0.25) is 0 Å². The van der Waals surface area contributed by atoms with Gasteiger partial charge in [-0.3, -0.25) is 0 Å². The summed E-state index contributed by atoms with van der Waals surface area (Å²) in [6, 6.07) is 0. The van der Waals surface area contributed by atoms with E-state index >= 15 is 0 Å². The van der Waals surface area contributed by atoms with Gasteiger partial charge in [-0.1, -0.05) is 41.6 Å². The van der Waals surface area contributed by atoms with Crippen molar-refractivity contribution in [3.8, 4) is 0 Å². The summed E-state index contributed by atoms with van der Waals surface area (Å²) in [6.45, 7) is 9.51. The molecule has 4 heteroatoms. The summed E-state index contributed by atoms with van der Waals surface area (Å²) in [7, 11) is 3.73. The molecule has 0 radical (unpaired) electrons. The van der Waals surface area contributed by atoms with Gasteiger partial charge in [-0.15, -0.1) is 0 Å². The van der Waals surface area contributed by atoms with Gasteiger partial charge in [0.1, 0.15) is 0 Å². The lowest BCUT2D eigenvalue weighted by atomic mass is 10.1. The van der Waals surface area contributed by atoms with Gasteiger partial charge in [-0.05, 0) is 31.1 Å². The minimum Gasteiger partial charge on any atom is -0.384 e. The highest BCUT2D eigenvalue weighted by Gasteiger charge is 2.02. The highest BCUT2D eigenvalue weighted by atomic mass is 79.9. The predicted molar refractivity (Wildman–Crippen MR) is 87.0 cm³/mol. The first-order valence-electron chi connectivity index (χ1n) is 6.38. The fraction of sp³-hybridized carbons (Fsp3) is 0.467. The van der Waals surface area contributed by atoms with Crippen LogP contribution in [0.4, 0.5) is 0 Å². The Kier molecular flexibility index (Phi) is 10.5. The van der Waals surface area contributed by atoms with E-state index in [0.717, 1.165) is 35.3 Å². The number of nitrogens with zero attached hydrogens (tertiary/aromatic N) is 1. The van der Waals surface area contributed by atoms with Gasteiger partial charge >= 0.3 is 0 Å². The Balaban J connectivity index is 4.94. The molecule has 0 bridgehead atoms. The summed E-state index contributed by atoms with van der Waals surface area (Å²) in [5.41, 5.74) is 5.62. The quantitative estimate of drug-likeness (QED) is 0.396. The van der Waals surface area contributed by atoms with Gasteiger partial charge in [0.15, 0.2) is 0 Å². The van der Waals surface area contributed by atoms with E-state index in [1.54, 1.807) is 13.2 Å². The third-order valence-corrected chi connectivity index (χ3v) is 3.01. The van der Waals surface area contributed by atoms with Crippen LogP contribution in [0.3, 0.4) is 0 Å². The first-order chi connectivity index (χ1) is 9.04. The number of hydrogen-bond donors (Lipinski definition) is 1. The zero-order chi connectivity index (χ0) is 14.7. The number of hydrazine groups is 1. The Hall–Kier alpha value is -0.840. The van der Waals surface area contributed by atoms with Crippen molar-refractivity contribution < 1.29 is 4.74 Å². The van der Waals surface area contributed by atoms with Gasteiger partial charge in [0.05, 0.1) is 0 Å². The molecule has 0 aliphatic rings. The van der Waals surface area contributed by atoms with Gasteiger partial charge in [-0.2, -0.15) is 0 Å². The molecule has 0 amide bonds. The third-order valence-electron chi connectivity index (χ3n) is 2.51. The number of allylic oxidation sites excluding steroid dienone is 5. The van der Waals surface area contributed by atoms with Crippen LogP contribution in [0.15, 0.2) is 46.6 Å². The molecule has 0 fully saturated rings. The van der Waals surface area contributed by atoms with Crippen molar-refractivity contribution >= 4 is 15.9 Å². The fourth-order valence-electron chi connectivity index (χ4n) is 1.35. The van der Waals surface area contributed by atoms with Crippen LogP contribution in [0.2, 0.25) is 0 Å². The number of halogens is 1. The predicted octanol–water partition coefficient (Wildman–Crippen LogP) is 3.77. The standard InChI is InChI=1S/C15H25BrN2O/c1-6-9-14(16)12-13(3)15(10-8-11-19-5)17-18(4)7-2/h6,9-10,12,17H,1,7-8,11H2,2-5H3/b13-12+,14-9+,15-10-. The molecule has 0 aliphatic carbocycles. The summed E-state index contributed by atoms with van der Waals surface area (Å²) >= 11 is 3.49. The van der Waals surface area contributed by atoms with Crippen LogP contribution in [0.25, 0.3) is 0 Å². The molecule has 0 unspecified atom stereocenters. The van der Waals surface area contributed by atoms with Crippen LogP contribution in [0.5, 0.6) is 0 Å². The van der Waals surface area contributed by atoms with Crippen molar-refractivity contribution in [1.29, 1.82) is 0 Å². The molecular weight excluding hydrogens is 304 g/mol. The zero-order valence-electron chi connectivity index (χ0n) is 12.4. The lowest BCUT2D eigenvalue weighted by Crippen LogP contribution is -2.33. The molecule has 0 aromatic heterocycles. The second-order valence-electron chi connectivity index (χ2n) is 4.14. The summed E-state index contributed by atoms with van der Waals surface area (Å²) in [5, 5.41) is 2.04. The van der Waals surface area contributed by atoms with E-state index in [-0.39, 0.29) is 0 Å². The molecule has 0 aromatic carbocycles. The van der Waals surface area contributed by atoms with Crippen molar-refractivity contribution in [3.63, 3.8) is 0 Å². The van der Waals surface area contributed by atoms with Gasteiger partial charge in [0, 0.05) is 37.5 Å². The maximum Gasteiger partial charge on any atom is 0.0497 e. The number of ether oxygens (including phenoxy) is 1. The van der Waals surface area contributed by atoms with Crippen LogP contribution in [0, 0.1) is 0 Å². The number of hydrogen-bond acceptors (Lipinski definition) is 3. The lowest BCUT2D eigenvalue weighted by molar-refractivity contribution is 0.203. The first-order valence-corrected chi connectivity index (χ1v) is 7.18. The van der Waals surface area contributed by atoms with Crippen LogP contribution >= 0.6 is 15.9 Å². The van der Waals surface area contributed by atoms with E-state index in [1.165, 1.54) is 0 Å². The first kappa shape index (κ1) is 18.2. The Labute approximate surface area is 125 Å². The largest absolute Gasteiger partial charge is 0.384 e.